The molecule has 0 radical (unpaired) electrons. The Morgan fingerprint density at radius 1 is 1.00 bits per heavy atom. The molecule has 0 atom stereocenters. The molecule has 19 heavy (non-hydrogen) atoms. The van der Waals surface area contributed by atoms with E-state index in [4.69, 9.17) is 19.3 Å². The van der Waals surface area contributed by atoms with Gasteiger partial charge >= 0.3 is 6.09 Å². The van der Waals surface area contributed by atoms with Crippen molar-refractivity contribution in [2.75, 3.05) is 39.6 Å². The van der Waals surface area contributed by atoms with E-state index in [0.717, 1.165) is 5.75 Å². The third-order valence-electron chi connectivity index (χ3n) is 2.13. The molecule has 1 amide bonds. The Kier molecular flexibility index (Phi) is 8.17. The smallest absolute Gasteiger partial charge is 0.404 e. The van der Waals surface area contributed by atoms with Crippen molar-refractivity contribution >= 4 is 6.09 Å². The standard InChI is InChI=1S/C13H19NO5/c15-13(16)14-6-7-17-8-9-18-10-11-19-12-4-2-1-3-5-12/h1-5,14H,6-11H2,(H,15,16). The summed E-state index contributed by atoms with van der Waals surface area (Å²) in [6, 6.07) is 9.53. The summed E-state index contributed by atoms with van der Waals surface area (Å²) in [5, 5.41) is 10.5. The topological polar surface area (TPSA) is 77.0 Å². The van der Waals surface area contributed by atoms with Gasteiger partial charge < -0.3 is 24.6 Å². The average molecular weight is 269 g/mol. The van der Waals surface area contributed by atoms with E-state index in [1.54, 1.807) is 0 Å². The number of ether oxygens (including phenoxy) is 3. The molecule has 0 bridgehead atoms. The molecule has 106 valence electrons. The molecule has 0 aliphatic rings. The van der Waals surface area contributed by atoms with Gasteiger partial charge in [0.15, 0.2) is 0 Å². The van der Waals surface area contributed by atoms with Crippen LogP contribution in [0.3, 0.4) is 0 Å². The van der Waals surface area contributed by atoms with E-state index < -0.39 is 6.09 Å². The molecule has 0 saturated heterocycles. The van der Waals surface area contributed by atoms with Crippen LogP contribution in [-0.4, -0.2) is 50.8 Å². The van der Waals surface area contributed by atoms with Crippen LogP contribution in [0.25, 0.3) is 0 Å². The van der Waals surface area contributed by atoms with Crippen LogP contribution in [0.15, 0.2) is 30.3 Å². The van der Waals surface area contributed by atoms with Crippen molar-refractivity contribution in [3.05, 3.63) is 30.3 Å². The molecule has 0 heterocycles. The summed E-state index contributed by atoms with van der Waals surface area (Å²) in [6.45, 7) is 2.51. The average Bonchev–Trinajstić information content (AvgIpc) is 2.42. The maximum absolute atomic E-state index is 10.1. The Morgan fingerprint density at radius 2 is 1.63 bits per heavy atom. The molecule has 6 nitrogen and oxygen atoms in total. The molecular weight excluding hydrogens is 250 g/mol. The number of carboxylic acid groups (broad SMARTS) is 1. The molecular formula is C13H19NO5. The van der Waals surface area contributed by atoms with Crippen LogP contribution in [0.1, 0.15) is 0 Å². The predicted molar refractivity (Wildman–Crippen MR) is 69.6 cm³/mol. The first-order valence-corrected chi connectivity index (χ1v) is 6.09. The fraction of sp³-hybridized carbons (Fsp3) is 0.462. The van der Waals surface area contributed by atoms with Gasteiger partial charge in [0.2, 0.25) is 0 Å². The maximum Gasteiger partial charge on any atom is 0.404 e. The molecule has 0 aliphatic heterocycles. The van der Waals surface area contributed by atoms with Crippen LogP contribution in [0, 0.1) is 0 Å². The first-order chi connectivity index (χ1) is 9.29. The second-order valence-electron chi connectivity index (χ2n) is 3.62. The Bertz CT molecular complexity index is 344. The van der Waals surface area contributed by atoms with Crippen molar-refractivity contribution < 1.29 is 24.1 Å². The molecule has 0 saturated carbocycles. The van der Waals surface area contributed by atoms with Crippen molar-refractivity contribution in [3.63, 3.8) is 0 Å². The fourth-order valence-corrected chi connectivity index (χ4v) is 1.29. The van der Waals surface area contributed by atoms with Gasteiger partial charge in [0.25, 0.3) is 0 Å². The number of nitrogens with one attached hydrogen (secondary N) is 1. The lowest BCUT2D eigenvalue weighted by Gasteiger charge is -2.07. The Labute approximate surface area is 112 Å². The summed E-state index contributed by atoms with van der Waals surface area (Å²) < 4.78 is 15.9. The minimum absolute atomic E-state index is 0.284. The zero-order valence-corrected chi connectivity index (χ0v) is 10.7. The molecule has 2 N–H and O–H groups in total. The molecule has 6 heteroatoms. The van der Waals surface area contributed by atoms with E-state index in [-0.39, 0.29) is 6.54 Å². The maximum atomic E-state index is 10.1. The number of amides is 1. The number of hydrogen-bond donors (Lipinski definition) is 2. The van der Waals surface area contributed by atoms with Gasteiger partial charge in [-0.1, -0.05) is 18.2 Å². The van der Waals surface area contributed by atoms with E-state index in [1.165, 1.54) is 0 Å². The Hall–Kier alpha value is -1.79. The summed E-state index contributed by atoms with van der Waals surface area (Å²) in [5.74, 6) is 0.821. The second kappa shape index (κ2) is 10.2. The van der Waals surface area contributed by atoms with Gasteiger partial charge in [-0.25, -0.2) is 4.79 Å². The van der Waals surface area contributed by atoms with Crippen molar-refractivity contribution in [1.82, 2.24) is 5.32 Å². The molecule has 1 aromatic carbocycles. The monoisotopic (exact) mass is 269 g/mol. The molecule has 0 aromatic heterocycles. The summed E-state index contributed by atoms with van der Waals surface area (Å²) in [4.78, 5) is 10.1. The van der Waals surface area contributed by atoms with Crippen LogP contribution in [0.4, 0.5) is 4.79 Å². The molecule has 0 aliphatic carbocycles. The largest absolute Gasteiger partial charge is 0.491 e. The van der Waals surface area contributed by atoms with Gasteiger partial charge in [-0.05, 0) is 12.1 Å². The van der Waals surface area contributed by atoms with Gasteiger partial charge in [0, 0.05) is 6.54 Å². The highest BCUT2D eigenvalue weighted by Crippen LogP contribution is 2.07. The third kappa shape index (κ3) is 8.87. The molecule has 0 fully saturated rings. The Balaban J connectivity index is 1.83. The normalized spacial score (nSPS) is 10.1. The highest BCUT2D eigenvalue weighted by atomic mass is 16.5. The zero-order chi connectivity index (χ0) is 13.8. The van der Waals surface area contributed by atoms with Crippen molar-refractivity contribution in [2.24, 2.45) is 0 Å². The van der Waals surface area contributed by atoms with Gasteiger partial charge in [0.05, 0.1) is 26.4 Å². The predicted octanol–water partition coefficient (Wildman–Crippen LogP) is 1.37. The summed E-state index contributed by atoms with van der Waals surface area (Å²) in [6.07, 6.45) is -1.04. The van der Waals surface area contributed by atoms with Gasteiger partial charge in [-0.2, -0.15) is 0 Å². The van der Waals surface area contributed by atoms with E-state index in [9.17, 15) is 4.79 Å². The fourth-order valence-electron chi connectivity index (χ4n) is 1.29. The quantitative estimate of drug-likeness (QED) is 0.627. The molecule has 1 rings (SSSR count). The third-order valence-corrected chi connectivity index (χ3v) is 2.13. The number of rotatable bonds is 10. The van der Waals surface area contributed by atoms with Crippen LogP contribution in [0.5, 0.6) is 5.75 Å². The first kappa shape index (κ1) is 15.3. The number of carbonyl (C=O) groups is 1. The van der Waals surface area contributed by atoms with Crippen molar-refractivity contribution in [2.45, 2.75) is 0 Å². The lowest BCUT2D eigenvalue weighted by atomic mass is 10.3. The molecule has 0 spiro atoms. The van der Waals surface area contributed by atoms with E-state index in [0.29, 0.717) is 33.0 Å². The number of para-hydroxylation sites is 1. The van der Waals surface area contributed by atoms with Crippen LogP contribution >= 0.6 is 0 Å². The summed E-state index contributed by atoms with van der Waals surface area (Å²) >= 11 is 0. The lowest BCUT2D eigenvalue weighted by Crippen LogP contribution is -2.25. The van der Waals surface area contributed by atoms with E-state index in [1.807, 2.05) is 30.3 Å². The van der Waals surface area contributed by atoms with Crippen LogP contribution < -0.4 is 10.1 Å². The lowest BCUT2D eigenvalue weighted by molar-refractivity contribution is 0.0373. The highest BCUT2D eigenvalue weighted by Gasteiger charge is 1.94. The highest BCUT2D eigenvalue weighted by molar-refractivity contribution is 5.64. The summed E-state index contributed by atoms with van der Waals surface area (Å²) in [5.41, 5.74) is 0. The first-order valence-electron chi connectivity index (χ1n) is 6.09. The van der Waals surface area contributed by atoms with Crippen molar-refractivity contribution in [1.29, 1.82) is 0 Å². The van der Waals surface area contributed by atoms with Gasteiger partial charge in [0.1, 0.15) is 12.4 Å². The molecule has 0 unspecified atom stereocenters. The number of benzene rings is 1. The van der Waals surface area contributed by atoms with E-state index in [2.05, 4.69) is 5.32 Å². The van der Waals surface area contributed by atoms with Crippen LogP contribution in [-0.2, 0) is 9.47 Å². The van der Waals surface area contributed by atoms with Gasteiger partial charge in [-0.3, -0.25) is 0 Å². The minimum Gasteiger partial charge on any atom is -0.491 e. The van der Waals surface area contributed by atoms with Crippen molar-refractivity contribution in [3.8, 4) is 5.75 Å². The molecule has 1 aromatic rings. The van der Waals surface area contributed by atoms with E-state index >= 15 is 0 Å². The summed E-state index contributed by atoms with van der Waals surface area (Å²) in [7, 11) is 0. The zero-order valence-electron chi connectivity index (χ0n) is 10.7. The second-order valence-corrected chi connectivity index (χ2v) is 3.62. The minimum atomic E-state index is -1.04. The van der Waals surface area contributed by atoms with Crippen LogP contribution in [0.2, 0.25) is 0 Å². The van der Waals surface area contributed by atoms with Gasteiger partial charge in [-0.15, -0.1) is 0 Å². The SMILES string of the molecule is O=C(O)NCCOCCOCCOc1ccccc1. The Morgan fingerprint density at radius 3 is 2.32 bits per heavy atom. The number of hydrogen-bond acceptors (Lipinski definition) is 4.